The van der Waals surface area contributed by atoms with E-state index >= 15 is 0 Å². The molecule has 7 heteroatoms. The van der Waals surface area contributed by atoms with Gasteiger partial charge in [0.2, 0.25) is 5.91 Å². The zero-order valence-corrected chi connectivity index (χ0v) is 14.9. The topological polar surface area (TPSA) is 26.8 Å². The average Bonchev–Trinajstić information content (AvgIpc) is 2.66. The first-order valence-corrected chi connectivity index (χ1v) is 8.90. The normalized spacial score (nSPS) is 19.6. The lowest BCUT2D eigenvalue weighted by Gasteiger charge is -2.49. The highest BCUT2D eigenvalue weighted by Crippen LogP contribution is 2.41. The van der Waals surface area contributed by atoms with Crippen LogP contribution in [0.2, 0.25) is 0 Å². The number of rotatable bonds is 1. The van der Waals surface area contributed by atoms with E-state index in [0.29, 0.717) is 19.6 Å². The zero-order valence-electron chi connectivity index (χ0n) is 14.9. The molecule has 1 amide bonds. The van der Waals surface area contributed by atoms with Gasteiger partial charge in [0.1, 0.15) is 0 Å². The number of benzene rings is 2. The molecule has 4 rings (SSSR count). The maximum absolute atomic E-state index is 12.9. The second kappa shape index (κ2) is 6.48. The lowest BCUT2D eigenvalue weighted by Crippen LogP contribution is -2.60. The summed E-state index contributed by atoms with van der Waals surface area (Å²) in [7, 11) is 0. The van der Waals surface area contributed by atoms with E-state index in [0.717, 1.165) is 35.7 Å². The molecule has 0 aliphatic carbocycles. The molecule has 0 radical (unpaired) electrons. The first-order chi connectivity index (χ1) is 12.8. The van der Waals surface area contributed by atoms with Crippen LogP contribution in [0.3, 0.4) is 0 Å². The number of nitrogens with zero attached hydrogens (tertiary/aromatic N) is 3. The minimum absolute atomic E-state index is 0.0505. The molecule has 1 atom stereocenters. The molecule has 1 unspecified atom stereocenters. The standard InChI is InChI=1S/C20H20F3N3O/c1-14(27)24-10-11-25-17(12-24)13-26(19-5-3-2-4-18(19)25)16-8-6-15(7-9-16)20(21,22)23/h2-9,17H,10-13H2,1H3. The summed E-state index contributed by atoms with van der Waals surface area (Å²) in [5, 5.41) is 0. The Labute approximate surface area is 155 Å². The number of amides is 1. The number of para-hydroxylation sites is 2. The van der Waals surface area contributed by atoms with E-state index < -0.39 is 11.7 Å². The largest absolute Gasteiger partial charge is 0.416 e. The Bertz CT molecular complexity index is 850. The van der Waals surface area contributed by atoms with Crippen LogP contribution in [-0.2, 0) is 11.0 Å². The quantitative estimate of drug-likeness (QED) is 0.757. The summed E-state index contributed by atoms with van der Waals surface area (Å²) < 4.78 is 38.6. The van der Waals surface area contributed by atoms with Gasteiger partial charge in [-0.15, -0.1) is 0 Å². The maximum atomic E-state index is 12.9. The molecule has 142 valence electrons. The van der Waals surface area contributed by atoms with Gasteiger partial charge in [0.25, 0.3) is 0 Å². The fraction of sp³-hybridized carbons (Fsp3) is 0.350. The minimum atomic E-state index is -4.35. The van der Waals surface area contributed by atoms with Crippen molar-refractivity contribution in [2.75, 3.05) is 36.0 Å². The van der Waals surface area contributed by atoms with Crippen LogP contribution in [0.25, 0.3) is 0 Å². The maximum Gasteiger partial charge on any atom is 0.416 e. The Balaban J connectivity index is 1.69. The second-order valence-electron chi connectivity index (χ2n) is 6.96. The molecule has 0 bridgehead atoms. The minimum Gasteiger partial charge on any atom is -0.362 e. The number of hydrogen-bond donors (Lipinski definition) is 0. The molecule has 0 spiro atoms. The van der Waals surface area contributed by atoms with Gasteiger partial charge in [-0.2, -0.15) is 13.2 Å². The van der Waals surface area contributed by atoms with Crippen LogP contribution in [0.4, 0.5) is 30.2 Å². The Morgan fingerprint density at radius 1 is 0.963 bits per heavy atom. The number of piperazine rings is 1. The number of carbonyl (C=O) groups excluding carboxylic acids is 1. The molecule has 2 aromatic carbocycles. The highest BCUT2D eigenvalue weighted by Gasteiger charge is 2.36. The van der Waals surface area contributed by atoms with Gasteiger partial charge >= 0.3 is 6.18 Å². The summed E-state index contributed by atoms with van der Waals surface area (Å²) in [6.45, 7) is 4.23. The van der Waals surface area contributed by atoms with Crippen molar-refractivity contribution < 1.29 is 18.0 Å². The molecule has 1 saturated heterocycles. The lowest BCUT2D eigenvalue weighted by atomic mass is 10.0. The molecule has 4 nitrogen and oxygen atoms in total. The molecular formula is C20H20F3N3O. The van der Waals surface area contributed by atoms with Crippen LogP contribution in [-0.4, -0.2) is 43.0 Å². The smallest absolute Gasteiger partial charge is 0.362 e. The van der Waals surface area contributed by atoms with Gasteiger partial charge in [0.15, 0.2) is 0 Å². The third kappa shape index (κ3) is 3.22. The van der Waals surface area contributed by atoms with Gasteiger partial charge in [0.05, 0.1) is 23.0 Å². The number of halogens is 3. The number of carbonyl (C=O) groups is 1. The Hall–Kier alpha value is -2.70. The summed E-state index contributed by atoms with van der Waals surface area (Å²) in [4.78, 5) is 18.0. The highest BCUT2D eigenvalue weighted by atomic mass is 19.4. The van der Waals surface area contributed by atoms with Crippen LogP contribution in [0.5, 0.6) is 0 Å². The monoisotopic (exact) mass is 375 g/mol. The van der Waals surface area contributed by atoms with Crippen molar-refractivity contribution in [3.63, 3.8) is 0 Å². The van der Waals surface area contributed by atoms with Crippen molar-refractivity contribution in [3.8, 4) is 0 Å². The number of hydrogen-bond acceptors (Lipinski definition) is 3. The fourth-order valence-corrected chi connectivity index (χ4v) is 3.93. The molecular weight excluding hydrogens is 355 g/mol. The SMILES string of the molecule is CC(=O)N1CCN2c3ccccc3N(c3ccc(C(F)(F)F)cc3)CC2C1. The summed E-state index contributed by atoms with van der Waals surface area (Å²) in [5.41, 5.74) is 2.09. The summed E-state index contributed by atoms with van der Waals surface area (Å²) in [5.74, 6) is 0.0505. The third-order valence-electron chi connectivity index (χ3n) is 5.31. The molecule has 27 heavy (non-hydrogen) atoms. The van der Waals surface area contributed by atoms with Gasteiger partial charge in [-0.1, -0.05) is 12.1 Å². The summed E-state index contributed by atoms with van der Waals surface area (Å²) in [6, 6.07) is 13.3. The predicted molar refractivity (Wildman–Crippen MR) is 98.3 cm³/mol. The molecule has 0 saturated carbocycles. The van der Waals surface area contributed by atoms with E-state index in [1.807, 2.05) is 34.1 Å². The molecule has 0 N–H and O–H groups in total. The van der Waals surface area contributed by atoms with Gasteiger partial charge < -0.3 is 14.7 Å². The Morgan fingerprint density at radius 3 is 2.26 bits per heavy atom. The van der Waals surface area contributed by atoms with Crippen molar-refractivity contribution in [1.82, 2.24) is 4.90 Å². The summed E-state index contributed by atoms with van der Waals surface area (Å²) in [6.07, 6.45) is -4.35. The van der Waals surface area contributed by atoms with Crippen LogP contribution >= 0.6 is 0 Å². The van der Waals surface area contributed by atoms with E-state index in [4.69, 9.17) is 0 Å². The molecule has 2 aromatic rings. The molecule has 2 heterocycles. The average molecular weight is 375 g/mol. The van der Waals surface area contributed by atoms with Crippen LogP contribution in [0.15, 0.2) is 48.5 Å². The second-order valence-corrected chi connectivity index (χ2v) is 6.96. The van der Waals surface area contributed by atoms with Crippen molar-refractivity contribution in [1.29, 1.82) is 0 Å². The third-order valence-corrected chi connectivity index (χ3v) is 5.31. The lowest BCUT2D eigenvalue weighted by molar-refractivity contribution is -0.137. The molecule has 1 fully saturated rings. The zero-order chi connectivity index (χ0) is 19.2. The Morgan fingerprint density at radius 2 is 1.63 bits per heavy atom. The molecule has 0 aromatic heterocycles. The van der Waals surface area contributed by atoms with Crippen molar-refractivity contribution in [2.45, 2.75) is 19.1 Å². The van der Waals surface area contributed by atoms with Crippen molar-refractivity contribution in [2.24, 2.45) is 0 Å². The predicted octanol–water partition coefficient (Wildman–Crippen LogP) is 3.89. The number of alkyl halides is 3. The first-order valence-electron chi connectivity index (χ1n) is 8.90. The fourth-order valence-electron chi connectivity index (χ4n) is 3.93. The van der Waals surface area contributed by atoms with E-state index in [1.165, 1.54) is 12.1 Å². The highest BCUT2D eigenvalue weighted by molar-refractivity contribution is 5.81. The summed E-state index contributed by atoms with van der Waals surface area (Å²) >= 11 is 0. The van der Waals surface area contributed by atoms with E-state index in [-0.39, 0.29) is 11.9 Å². The molecule has 2 aliphatic rings. The number of fused-ring (bicyclic) bond motifs is 3. The van der Waals surface area contributed by atoms with Gasteiger partial charge in [-0.25, -0.2) is 0 Å². The van der Waals surface area contributed by atoms with Crippen molar-refractivity contribution in [3.05, 3.63) is 54.1 Å². The van der Waals surface area contributed by atoms with E-state index in [2.05, 4.69) is 4.90 Å². The van der Waals surface area contributed by atoms with E-state index in [1.54, 1.807) is 6.92 Å². The van der Waals surface area contributed by atoms with Crippen molar-refractivity contribution >= 4 is 23.0 Å². The Kier molecular flexibility index (Phi) is 4.25. The van der Waals surface area contributed by atoms with Crippen LogP contribution in [0.1, 0.15) is 12.5 Å². The van der Waals surface area contributed by atoms with Crippen LogP contribution < -0.4 is 9.80 Å². The van der Waals surface area contributed by atoms with E-state index in [9.17, 15) is 18.0 Å². The number of anilines is 3. The van der Waals surface area contributed by atoms with Crippen LogP contribution in [0, 0.1) is 0 Å². The molecule has 2 aliphatic heterocycles. The van der Waals surface area contributed by atoms with Gasteiger partial charge in [0, 0.05) is 38.8 Å². The van der Waals surface area contributed by atoms with Gasteiger partial charge in [-0.3, -0.25) is 4.79 Å². The first kappa shape index (κ1) is 17.7. The van der Waals surface area contributed by atoms with Gasteiger partial charge in [-0.05, 0) is 36.4 Å².